The minimum Gasteiger partial charge on any atom is -0.465 e. The first kappa shape index (κ1) is 20.6. The van der Waals surface area contributed by atoms with Gasteiger partial charge in [0, 0.05) is 10.9 Å². The van der Waals surface area contributed by atoms with Crippen molar-refractivity contribution in [1.29, 1.82) is 0 Å². The van der Waals surface area contributed by atoms with Gasteiger partial charge in [-0.1, -0.05) is 12.1 Å². The normalized spacial score (nSPS) is 11.1. The van der Waals surface area contributed by atoms with Crippen LogP contribution in [0.15, 0.2) is 58.8 Å². The lowest BCUT2D eigenvalue weighted by Crippen LogP contribution is -2.23. The lowest BCUT2D eigenvalue weighted by Gasteiger charge is -2.04. The van der Waals surface area contributed by atoms with Crippen LogP contribution in [0.1, 0.15) is 10.4 Å². The maximum atomic E-state index is 12.9. The van der Waals surface area contributed by atoms with E-state index in [9.17, 15) is 22.4 Å². The molecule has 0 aliphatic heterocycles. The Hall–Kier alpha value is -3.11. The van der Waals surface area contributed by atoms with E-state index in [1.165, 1.54) is 7.11 Å². The fraction of sp³-hybridized carbons (Fsp3) is 0.105. The zero-order chi connectivity index (χ0) is 21.0. The number of carbonyl (C=O) groups is 2. The largest absolute Gasteiger partial charge is 0.465 e. The number of aromatic nitrogens is 1. The lowest BCUT2D eigenvalue weighted by atomic mass is 10.1. The van der Waals surface area contributed by atoms with Gasteiger partial charge in [-0.2, -0.15) is 0 Å². The molecule has 0 unspecified atom stereocenters. The van der Waals surface area contributed by atoms with Crippen molar-refractivity contribution >= 4 is 38.2 Å². The van der Waals surface area contributed by atoms with Gasteiger partial charge in [0.1, 0.15) is 11.6 Å². The number of hydrogen-bond donors (Lipinski definition) is 1. The number of hydrogen-bond acceptors (Lipinski definition) is 7. The van der Waals surface area contributed by atoms with Crippen molar-refractivity contribution in [2.45, 2.75) is 4.90 Å². The van der Waals surface area contributed by atoms with Gasteiger partial charge in [0.15, 0.2) is 15.0 Å². The molecule has 0 aliphatic rings. The number of nitrogens with zero attached hydrogens (tertiary/aromatic N) is 1. The van der Waals surface area contributed by atoms with Gasteiger partial charge >= 0.3 is 5.97 Å². The summed E-state index contributed by atoms with van der Waals surface area (Å²) in [5.74, 6) is -2.56. The number of rotatable bonds is 6. The molecule has 1 aromatic heterocycles. The number of anilines is 1. The number of esters is 1. The van der Waals surface area contributed by atoms with Crippen molar-refractivity contribution in [3.63, 3.8) is 0 Å². The van der Waals surface area contributed by atoms with Gasteiger partial charge in [-0.15, -0.1) is 11.3 Å². The minimum absolute atomic E-state index is 0.139. The van der Waals surface area contributed by atoms with Crippen molar-refractivity contribution in [2.24, 2.45) is 0 Å². The van der Waals surface area contributed by atoms with Crippen molar-refractivity contribution in [3.8, 4) is 11.3 Å². The monoisotopic (exact) mass is 434 g/mol. The summed E-state index contributed by atoms with van der Waals surface area (Å²) in [5, 5.41) is 4.37. The van der Waals surface area contributed by atoms with Gasteiger partial charge in [0.25, 0.3) is 0 Å². The molecule has 0 bridgehead atoms. The van der Waals surface area contributed by atoms with Crippen LogP contribution in [0.25, 0.3) is 11.3 Å². The number of ether oxygens (including phenoxy) is 1. The number of carbonyl (C=O) groups excluding carboxylic acids is 2. The van der Waals surface area contributed by atoms with Crippen LogP contribution < -0.4 is 5.32 Å². The molecule has 0 saturated heterocycles. The van der Waals surface area contributed by atoms with E-state index in [0.29, 0.717) is 16.8 Å². The molecule has 3 rings (SSSR count). The number of sulfone groups is 1. The quantitative estimate of drug-likeness (QED) is 0.472. The van der Waals surface area contributed by atoms with Crippen LogP contribution in [0, 0.1) is 5.82 Å². The van der Waals surface area contributed by atoms with Crippen molar-refractivity contribution in [1.82, 2.24) is 4.98 Å². The molecule has 0 radical (unpaired) electrons. The summed E-state index contributed by atoms with van der Waals surface area (Å²) >= 11 is 1.13. The summed E-state index contributed by atoms with van der Waals surface area (Å²) in [6, 6.07) is 10.8. The minimum atomic E-state index is -3.90. The van der Waals surface area contributed by atoms with E-state index in [1.54, 1.807) is 29.6 Å². The van der Waals surface area contributed by atoms with Crippen LogP contribution in [0.4, 0.5) is 9.52 Å². The molecule has 10 heteroatoms. The van der Waals surface area contributed by atoms with E-state index >= 15 is 0 Å². The van der Waals surface area contributed by atoms with Crippen LogP contribution >= 0.6 is 11.3 Å². The van der Waals surface area contributed by atoms with Gasteiger partial charge in [0.05, 0.1) is 23.3 Å². The van der Waals surface area contributed by atoms with E-state index in [2.05, 4.69) is 15.0 Å². The predicted octanol–water partition coefficient (Wildman–Crippen LogP) is 3.15. The molecule has 0 saturated carbocycles. The second-order valence-electron chi connectivity index (χ2n) is 5.87. The third-order valence-corrected chi connectivity index (χ3v) is 6.24. The molecule has 29 heavy (non-hydrogen) atoms. The highest BCUT2D eigenvalue weighted by atomic mass is 32.2. The zero-order valence-corrected chi connectivity index (χ0v) is 16.7. The Morgan fingerprint density at radius 2 is 1.76 bits per heavy atom. The number of benzene rings is 2. The summed E-state index contributed by atoms with van der Waals surface area (Å²) in [5.41, 5.74) is 1.67. The van der Waals surface area contributed by atoms with Crippen LogP contribution in [-0.4, -0.2) is 38.1 Å². The summed E-state index contributed by atoms with van der Waals surface area (Å²) in [6.45, 7) is 0. The summed E-state index contributed by atoms with van der Waals surface area (Å²) in [6.07, 6.45) is 0. The van der Waals surface area contributed by atoms with Crippen LogP contribution in [0.2, 0.25) is 0 Å². The van der Waals surface area contributed by atoms with Crippen LogP contribution in [0.5, 0.6) is 0 Å². The highest BCUT2D eigenvalue weighted by Gasteiger charge is 2.20. The van der Waals surface area contributed by atoms with E-state index < -0.39 is 33.3 Å². The smallest absolute Gasteiger partial charge is 0.337 e. The van der Waals surface area contributed by atoms with E-state index in [4.69, 9.17) is 0 Å². The topological polar surface area (TPSA) is 102 Å². The number of amides is 1. The van der Waals surface area contributed by atoms with Gasteiger partial charge in [-0.3, -0.25) is 4.79 Å². The fourth-order valence-corrected chi connectivity index (χ4v) is 4.28. The Kier molecular flexibility index (Phi) is 6.04. The summed E-state index contributed by atoms with van der Waals surface area (Å²) in [7, 11) is -2.61. The first-order valence-corrected chi connectivity index (χ1v) is 10.7. The molecule has 0 aliphatic carbocycles. The lowest BCUT2D eigenvalue weighted by molar-refractivity contribution is -0.113. The van der Waals surface area contributed by atoms with Gasteiger partial charge in [-0.25, -0.2) is 22.6 Å². The van der Waals surface area contributed by atoms with E-state index in [1.807, 2.05) is 0 Å². The number of methoxy groups -OCH3 is 1. The van der Waals surface area contributed by atoms with Crippen LogP contribution in [-0.2, 0) is 19.4 Å². The Morgan fingerprint density at radius 1 is 1.10 bits per heavy atom. The molecule has 3 aromatic rings. The molecule has 1 heterocycles. The maximum Gasteiger partial charge on any atom is 0.337 e. The van der Waals surface area contributed by atoms with E-state index in [-0.39, 0.29) is 10.0 Å². The SMILES string of the molecule is COC(=O)c1ccc(-c2csc(NC(=O)CS(=O)(=O)c3ccc(F)cc3)n2)cc1. The Bertz CT molecular complexity index is 1140. The molecule has 0 atom stereocenters. The maximum absolute atomic E-state index is 12.9. The number of halogens is 1. The third kappa shape index (κ3) is 5.04. The fourth-order valence-electron chi connectivity index (χ4n) is 2.41. The summed E-state index contributed by atoms with van der Waals surface area (Å²) < 4.78 is 42.1. The van der Waals surface area contributed by atoms with Crippen LogP contribution in [0.3, 0.4) is 0 Å². The predicted molar refractivity (Wildman–Crippen MR) is 106 cm³/mol. The Balaban J connectivity index is 1.67. The molecule has 1 N–H and O–H groups in total. The molecule has 0 spiro atoms. The zero-order valence-electron chi connectivity index (χ0n) is 15.1. The van der Waals surface area contributed by atoms with Crippen molar-refractivity contribution in [2.75, 3.05) is 18.2 Å². The molecule has 150 valence electrons. The summed E-state index contributed by atoms with van der Waals surface area (Å²) in [4.78, 5) is 27.7. The molecule has 7 nitrogen and oxygen atoms in total. The molecule has 2 aromatic carbocycles. The molecular formula is C19H15FN2O5S2. The second kappa shape index (κ2) is 8.50. The van der Waals surface area contributed by atoms with Gasteiger partial charge in [0.2, 0.25) is 5.91 Å². The highest BCUT2D eigenvalue weighted by Crippen LogP contribution is 2.25. The van der Waals surface area contributed by atoms with Gasteiger partial charge < -0.3 is 10.1 Å². The second-order valence-corrected chi connectivity index (χ2v) is 8.72. The first-order valence-electron chi connectivity index (χ1n) is 8.21. The van der Waals surface area contributed by atoms with Crippen molar-refractivity contribution in [3.05, 3.63) is 65.3 Å². The average Bonchev–Trinajstić information content (AvgIpc) is 3.15. The Morgan fingerprint density at radius 3 is 2.38 bits per heavy atom. The average molecular weight is 434 g/mol. The molecule has 0 fully saturated rings. The third-order valence-electron chi connectivity index (χ3n) is 3.85. The highest BCUT2D eigenvalue weighted by molar-refractivity contribution is 7.92. The molecular weight excluding hydrogens is 419 g/mol. The Labute approximate surface area is 170 Å². The molecule has 1 amide bonds. The first-order chi connectivity index (χ1) is 13.8. The van der Waals surface area contributed by atoms with Gasteiger partial charge in [-0.05, 0) is 36.4 Å². The van der Waals surface area contributed by atoms with Crippen molar-refractivity contribution < 1.29 is 27.1 Å². The standard InChI is InChI=1S/C19H15FN2O5S2/c1-27-18(24)13-4-2-12(3-5-13)16-10-28-19(21-16)22-17(23)11-29(25,26)15-8-6-14(20)7-9-15/h2-10H,11H2,1H3,(H,21,22,23). The number of nitrogens with one attached hydrogen (secondary N) is 1. The van der Waals surface area contributed by atoms with E-state index in [0.717, 1.165) is 35.6 Å². The number of thiazole rings is 1.